The fourth-order valence-electron chi connectivity index (χ4n) is 1.03. The molecule has 0 saturated heterocycles. The first kappa shape index (κ1) is 14.4. The zero-order valence-electron chi connectivity index (χ0n) is 9.71. The Hall–Kier alpha value is -0.640. The summed E-state index contributed by atoms with van der Waals surface area (Å²) in [5.74, 6) is 0.639. The number of hydrogen-bond donors (Lipinski definition) is 0. The maximum Gasteiger partial charge on any atom is 0.253 e. The highest BCUT2D eigenvalue weighted by molar-refractivity contribution is 8.13. The van der Waals surface area contributed by atoms with Crippen molar-refractivity contribution in [2.24, 2.45) is 4.99 Å². The first-order chi connectivity index (χ1) is 7.10. The summed E-state index contributed by atoms with van der Waals surface area (Å²) in [6.07, 6.45) is 2.28. The number of amides is 1. The molecule has 0 saturated carbocycles. The van der Waals surface area contributed by atoms with E-state index in [4.69, 9.17) is 0 Å². The average molecular weight is 229 g/mol. The molecule has 86 valence electrons. The van der Waals surface area contributed by atoms with Gasteiger partial charge in [-0.1, -0.05) is 13.8 Å². The molecule has 0 aromatic heterocycles. The minimum absolute atomic E-state index is 0.0143. The van der Waals surface area contributed by atoms with Crippen molar-refractivity contribution >= 4 is 28.5 Å². The summed E-state index contributed by atoms with van der Waals surface area (Å²) in [4.78, 5) is 26.3. The van der Waals surface area contributed by atoms with Crippen LogP contribution in [0.2, 0.25) is 0 Å². The Bertz CT molecular complexity index is 249. The van der Waals surface area contributed by atoms with Gasteiger partial charge in [0.15, 0.2) is 0 Å². The van der Waals surface area contributed by atoms with E-state index >= 15 is 0 Å². The summed E-state index contributed by atoms with van der Waals surface area (Å²) >= 11 is 1.56. The maximum atomic E-state index is 11.3. The summed E-state index contributed by atoms with van der Waals surface area (Å²) in [7, 11) is 0. The third-order valence-corrected chi connectivity index (χ3v) is 2.80. The lowest BCUT2D eigenvalue weighted by molar-refractivity contribution is -0.126. The quantitative estimate of drug-likeness (QED) is 0.400. The molecule has 0 bridgehead atoms. The summed E-state index contributed by atoms with van der Waals surface area (Å²) in [6, 6.07) is 0. The van der Waals surface area contributed by atoms with Gasteiger partial charge in [-0.2, -0.15) is 0 Å². The van der Waals surface area contributed by atoms with E-state index in [2.05, 4.69) is 11.9 Å². The second kappa shape index (κ2) is 8.65. The van der Waals surface area contributed by atoms with Gasteiger partial charge in [0.1, 0.15) is 5.78 Å². The third kappa shape index (κ3) is 8.36. The van der Waals surface area contributed by atoms with E-state index in [9.17, 15) is 9.59 Å². The lowest BCUT2D eigenvalue weighted by atomic mass is 10.2. The van der Waals surface area contributed by atoms with Gasteiger partial charge in [0.2, 0.25) is 0 Å². The molecule has 0 rings (SSSR count). The van der Waals surface area contributed by atoms with E-state index in [0.29, 0.717) is 6.42 Å². The first-order valence-corrected chi connectivity index (χ1v) is 6.31. The topological polar surface area (TPSA) is 46.5 Å². The van der Waals surface area contributed by atoms with Gasteiger partial charge in [0, 0.05) is 6.42 Å². The lowest BCUT2D eigenvalue weighted by Gasteiger charge is -1.98. The summed E-state index contributed by atoms with van der Waals surface area (Å²) in [5.41, 5.74) is 0. The summed E-state index contributed by atoms with van der Waals surface area (Å²) in [5, 5.41) is 0.756. The molecule has 0 N–H and O–H groups in total. The molecule has 0 aromatic rings. The number of ketones is 1. The molecular weight excluding hydrogens is 210 g/mol. The van der Waals surface area contributed by atoms with Crippen molar-refractivity contribution in [1.82, 2.24) is 0 Å². The minimum atomic E-state index is -0.311. The van der Waals surface area contributed by atoms with E-state index in [0.717, 1.165) is 23.6 Å². The molecule has 0 aromatic carbocycles. The van der Waals surface area contributed by atoms with Gasteiger partial charge >= 0.3 is 0 Å². The zero-order valence-corrected chi connectivity index (χ0v) is 10.5. The van der Waals surface area contributed by atoms with Crippen molar-refractivity contribution in [2.45, 2.75) is 46.5 Å². The number of carbonyl (C=O) groups excluding carboxylic acids is 2. The molecule has 0 radical (unpaired) electrons. The number of hydrogen-bond acceptors (Lipinski definition) is 3. The predicted octanol–water partition coefficient (Wildman–Crippen LogP) is 2.83. The van der Waals surface area contributed by atoms with Crippen LogP contribution in [0.1, 0.15) is 46.5 Å². The standard InChI is InChI=1S/C11H19NO2S/c1-4-6-10(13)8-11(14)12-9(3)15-7-5-2/h4-8H2,1-3H3. The molecule has 0 atom stereocenters. The van der Waals surface area contributed by atoms with Crippen LogP contribution in [0.25, 0.3) is 0 Å². The fraction of sp³-hybridized carbons (Fsp3) is 0.727. The highest BCUT2D eigenvalue weighted by Gasteiger charge is 2.07. The van der Waals surface area contributed by atoms with Gasteiger partial charge in [-0.15, -0.1) is 11.8 Å². The van der Waals surface area contributed by atoms with Crippen molar-refractivity contribution in [3.63, 3.8) is 0 Å². The van der Waals surface area contributed by atoms with E-state index < -0.39 is 0 Å². The largest absolute Gasteiger partial charge is 0.299 e. The smallest absolute Gasteiger partial charge is 0.253 e. The van der Waals surface area contributed by atoms with Crippen LogP contribution in [0.5, 0.6) is 0 Å². The highest BCUT2D eigenvalue weighted by Crippen LogP contribution is 2.06. The Morgan fingerprint density at radius 3 is 2.40 bits per heavy atom. The number of thioether (sulfide) groups is 1. The number of nitrogens with zero attached hydrogens (tertiary/aromatic N) is 1. The second-order valence-electron chi connectivity index (χ2n) is 3.34. The Kier molecular flexibility index (Phi) is 8.28. The summed E-state index contributed by atoms with van der Waals surface area (Å²) in [6.45, 7) is 5.81. The molecule has 15 heavy (non-hydrogen) atoms. The van der Waals surface area contributed by atoms with Gasteiger partial charge in [-0.25, -0.2) is 4.99 Å². The fourth-order valence-corrected chi connectivity index (χ4v) is 1.70. The number of Topliss-reactive ketones (excluding diaryl/α,β-unsaturated/α-hetero) is 1. The Morgan fingerprint density at radius 2 is 1.87 bits per heavy atom. The lowest BCUT2D eigenvalue weighted by Crippen LogP contribution is -2.06. The molecule has 1 amide bonds. The van der Waals surface area contributed by atoms with Crippen molar-refractivity contribution in [1.29, 1.82) is 0 Å². The third-order valence-electron chi connectivity index (χ3n) is 1.67. The highest BCUT2D eigenvalue weighted by atomic mass is 32.2. The van der Waals surface area contributed by atoms with Gasteiger partial charge in [0.25, 0.3) is 5.91 Å². The van der Waals surface area contributed by atoms with E-state index in [1.165, 1.54) is 0 Å². The predicted molar refractivity (Wildman–Crippen MR) is 65.4 cm³/mol. The number of carbonyl (C=O) groups is 2. The van der Waals surface area contributed by atoms with Crippen LogP contribution in [-0.4, -0.2) is 22.5 Å². The van der Waals surface area contributed by atoms with Crippen LogP contribution in [0.3, 0.4) is 0 Å². The zero-order chi connectivity index (χ0) is 11.7. The normalized spacial score (nSPS) is 11.5. The van der Waals surface area contributed by atoms with Gasteiger partial charge in [-0.05, 0) is 25.5 Å². The number of aliphatic imine (C=N–C) groups is 1. The molecule has 4 heteroatoms. The van der Waals surface area contributed by atoms with Gasteiger partial charge < -0.3 is 0 Å². The molecule has 0 fully saturated rings. The van der Waals surface area contributed by atoms with Gasteiger partial charge in [-0.3, -0.25) is 9.59 Å². The van der Waals surface area contributed by atoms with Crippen LogP contribution in [0, 0.1) is 0 Å². The second-order valence-corrected chi connectivity index (χ2v) is 4.63. The van der Waals surface area contributed by atoms with Crippen molar-refractivity contribution in [3.05, 3.63) is 0 Å². The van der Waals surface area contributed by atoms with Crippen LogP contribution >= 0.6 is 11.8 Å². The van der Waals surface area contributed by atoms with Gasteiger partial charge in [0.05, 0.1) is 11.5 Å². The molecule has 3 nitrogen and oxygen atoms in total. The molecule has 0 spiro atoms. The van der Waals surface area contributed by atoms with Crippen LogP contribution in [0.4, 0.5) is 0 Å². The first-order valence-electron chi connectivity index (χ1n) is 5.32. The van der Waals surface area contributed by atoms with Crippen molar-refractivity contribution < 1.29 is 9.59 Å². The van der Waals surface area contributed by atoms with E-state index in [1.54, 1.807) is 11.8 Å². The molecule has 0 aliphatic rings. The van der Waals surface area contributed by atoms with Crippen LogP contribution < -0.4 is 0 Å². The average Bonchev–Trinajstić information content (AvgIpc) is 2.14. The van der Waals surface area contributed by atoms with Crippen molar-refractivity contribution in [2.75, 3.05) is 5.75 Å². The molecule has 0 unspecified atom stereocenters. The molecule has 0 heterocycles. The monoisotopic (exact) mass is 229 g/mol. The Balaban J connectivity index is 3.95. The molecule has 0 aliphatic carbocycles. The SMILES string of the molecule is CCCSC(C)=NC(=O)CC(=O)CCC. The number of rotatable bonds is 6. The minimum Gasteiger partial charge on any atom is -0.299 e. The van der Waals surface area contributed by atoms with E-state index in [1.807, 2.05) is 13.8 Å². The van der Waals surface area contributed by atoms with Crippen molar-refractivity contribution in [3.8, 4) is 0 Å². The Labute approximate surface area is 95.7 Å². The molecule has 0 aliphatic heterocycles. The van der Waals surface area contributed by atoms with Crippen LogP contribution in [-0.2, 0) is 9.59 Å². The maximum absolute atomic E-state index is 11.3. The summed E-state index contributed by atoms with van der Waals surface area (Å²) < 4.78 is 0. The van der Waals surface area contributed by atoms with Crippen LogP contribution in [0.15, 0.2) is 4.99 Å². The van der Waals surface area contributed by atoms with E-state index in [-0.39, 0.29) is 18.1 Å². The molecular formula is C11H19NO2S. The Morgan fingerprint density at radius 1 is 1.20 bits per heavy atom.